The molecule has 1 aromatic rings. The first-order chi connectivity index (χ1) is 8.31. The summed E-state index contributed by atoms with van der Waals surface area (Å²) in [5.74, 6) is 0.862. The van der Waals surface area contributed by atoms with E-state index in [1.54, 1.807) is 7.11 Å². The lowest BCUT2D eigenvalue weighted by Gasteiger charge is -2.28. The Morgan fingerprint density at radius 3 is 2.56 bits per heavy atom. The number of benzene rings is 1. The van der Waals surface area contributed by atoms with Crippen molar-refractivity contribution in [1.29, 1.82) is 0 Å². The van der Waals surface area contributed by atoms with Gasteiger partial charge in [0.05, 0.1) is 7.11 Å². The third-order valence-corrected chi connectivity index (χ3v) is 2.77. The molecular formula is C15H26N2O. The average Bonchev–Trinajstić information content (AvgIpc) is 2.26. The van der Waals surface area contributed by atoms with Crippen LogP contribution in [0.15, 0.2) is 24.3 Å². The van der Waals surface area contributed by atoms with Gasteiger partial charge >= 0.3 is 0 Å². The first-order valence-electron chi connectivity index (χ1n) is 6.40. The lowest BCUT2D eigenvalue weighted by molar-refractivity contribution is 0.217. The van der Waals surface area contributed by atoms with E-state index in [2.05, 4.69) is 38.8 Å². The van der Waals surface area contributed by atoms with Gasteiger partial charge in [0.1, 0.15) is 5.75 Å². The van der Waals surface area contributed by atoms with Gasteiger partial charge in [-0.05, 0) is 30.2 Å². The van der Waals surface area contributed by atoms with Crippen molar-refractivity contribution >= 4 is 0 Å². The van der Waals surface area contributed by atoms with E-state index in [9.17, 15) is 0 Å². The van der Waals surface area contributed by atoms with Crippen LogP contribution in [0.3, 0.4) is 0 Å². The molecule has 0 heterocycles. The highest BCUT2D eigenvalue weighted by atomic mass is 16.5. The summed E-state index contributed by atoms with van der Waals surface area (Å²) >= 11 is 0. The molecule has 0 amide bonds. The zero-order valence-electron chi connectivity index (χ0n) is 12.2. The molecule has 102 valence electrons. The van der Waals surface area contributed by atoms with Crippen LogP contribution in [-0.2, 0) is 0 Å². The highest BCUT2D eigenvalue weighted by molar-refractivity contribution is 5.30. The van der Waals surface area contributed by atoms with Crippen LogP contribution in [-0.4, -0.2) is 32.1 Å². The van der Waals surface area contributed by atoms with Gasteiger partial charge in [0.2, 0.25) is 0 Å². The molecular weight excluding hydrogens is 224 g/mol. The fourth-order valence-corrected chi connectivity index (χ4v) is 2.19. The minimum atomic E-state index is 0.0208. The molecule has 0 aliphatic rings. The number of methoxy groups -OCH3 is 1. The van der Waals surface area contributed by atoms with Crippen LogP contribution >= 0.6 is 0 Å². The molecule has 1 unspecified atom stereocenters. The Kier molecular flexibility index (Phi) is 5.17. The van der Waals surface area contributed by atoms with Gasteiger partial charge in [-0.1, -0.05) is 32.9 Å². The number of hydrogen-bond donors (Lipinski definition) is 1. The minimum Gasteiger partial charge on any atom is -0.497 e. The monoisotopic (exact) mass is 250 g/mol. The first kappa shape index (κ1) is 15.0. The maximum atomic E-state index is 6.24. The average molecular weight is 250 g/mol. The van der Waals surface area contributed by atoms with Crippen molar-refractivity contribution in [3.05, 3.63) is 29.8 Å². The number of nitrogens with zero attached hydrogens (tertiary/aromatic N) is 1. The summed E-state index contributed by atoms with van der Waals surface area (Å²) in [6.07, 6.45) is 0. The number of nitrogens with two attached hydrogens (primary N) is 1. The van der Waals surface area contributed by atoms with Gasteiger partial charge in [-0.25, -0.2) is 0 Å². The summed E-state index contributed by atoms with van der Waals surface area (Å²) in [5.41, 5.74) is 7.66. The third-order valence-electron chi connectivity index (χ3n) is 2.77. The summed E-state index contributed by atoms with van der Waals surface area (Å²) in [6.45, 7) is 8.59. The molecule has 0 bridgehead atoms. The van der Waals surface area contributed by atoms with E-state index < -0.39 is 0 Å². The Hall–Kier alpha value is -1.06. The van der Waals surface area contributed by atoms with Crippen LogP contribution in [0.1, 0.15) is 32.4 Å². The molecule has 18 heavy (non-hydrogen) atoms. The van der Waals surface area contributed by atoms with Crippen LogP contribution in [0, 0.1) is 5.41 Å². The number of hydrogen-bond acceptors (Lipinski definition) is 3. The second-order valence-electron chi connectivity index (χ2n) is 6.14. The van der Waals surface area contributed by atoms with Crippen LogP contribution in [0.4, 0.5) is 0 Å². The van der Waals surface area contributed by atoms with Crippen LogP contribution in [0.25, 0.3) is 0 Å². The van der Waals surface area contributed by atoms with E-state index in [1.807, 2.05) is 18.2 Å². The van der Waals surface area contributed by atoms with E-state index in [0.29, 0.717) is 5.41 Å². The predicted molar refractivity (Wildman–Crippen MR) is 76.9 cm³/mol. The van der Waals surface area contributed by atoms with Gasteiger partial charge < -0.3 is 15.4 Å². The van der Waals surface area contributed by atoms with E-state index in [-0.39, 0.29) is 6.04 Å². The molecule has 0 aromatic heterocycles. The highest BCUT2D eigenvalue weighted by Crippen LogP contribution is 2.20. The van der Waals surface area contributed by atoms with Gasteiger partial charge in [-0.2, -0.15) is 0 Å². The molecule has 0 aliphatic heterocycles. The fourth-order valence-electron chi connectivity index (χ4n) is 2.19. The fraction of sp³-hybridized carbons (Fsp3) is 0.600. The molecule has 3 heteroatoms. The second-order valence-corrected chi connectivity index (χ2v) is 6.14. The van der Waals surface area contributed by atoms with Crippen LogP contribution < -0.4 is 10.5 Å². The topological polar surface area (TPSA) is 38.5 Å². The Morgan fingerprint density at radius 2 is 2.00 bits per heavy atom. The zero-order chi connectivity index (χ0) is 13.8. The predicted octanol–water partition coefficient (Wildman–Crippen LogP) is 2.67. The second kappa shape index (κ2) is 6.21. The highest BCUT2D eigenvalue weighted by Gasteiger charge is 2.16. The maximum Gasteiger partial charge on any atom is 0.119 e. The Bertz CT molecular complexity index is 371. The van der Waals surface area contributed by atoms with Gasteiger partial charge in [0, 0.05) is 19.1 Å². The standard InChI is InChI=1S/C15H26N2O/c1-15(2,3)11-17(4)10-14(16)12-7-6-8-13(9-12)18-5/h6-9,14H,10-11,16H2,1-5H3. The normalized spacial score (nSPS) is 13.7. The van der Waals surface area contributed by atoms with Crippen LogP contribution in [0.2, 0.25) is 0 Å². The SMILES string of the molecule is COc1cccc(C(N)CN(C)CC(C)(C)C)c1. The molecule has 1 rings (SSSR count). The Balaban J connectivity index is 2.61. The first-order valence-corrected chi connectivity index (χ1v) is 6.40. The quantitative estimate of drug-likeness (QED) is 0.873. The summed E-state index contributed by atoms with van der Waals surface area (Å²) in [7, 11) is 3.79. The van der Waals surface area contributed by atoms with Gasteiger partial charge in [-0.15, -0.1) is 0 Å². The minimum absolute atomic E-state index is 0.0208. The summed E-state index contributed by atoms with van der Waals surface area (Å²) < 4.78 is 5.22. The lowest BCUT2D eigenvalue weighted by atomic mass is 9.96. The van der Waals surface area contributed by atoms with Crippen molar-refractivity contribution in [2.75, 3.05) is 27.2 Å². The zero-order valence-corrected chi connectivity index (χ0v) is 12.2. The molecule has 2 N–H and O–H groups in total. The van der Waals surface area contributed by atoms with Gasteiger partial charge in [0.25, 0.3) is 0 Å². The number of ether oxygens (including phenoxy) is 1. The molecule has 0 aliphatic carbocycles. The van der Waals surface area contributed by atoms with Crippen molar-refractivity contribution in [2.24, 2.45) is 11.1 Å². The van der Waals surface area contributed by atoms with Crippen molar-refractivity contribution < 1.29 is 4.74 Å². The molecule has 0 saturated carbocycles. The molecule has 1 atom stereocenters. The smallest absolute Gasteiger partial charge is 0.119 e. The Morgan fingerprint density at radius 1 is 1.33 bits per heavy atom. The van der Waals surface area contributed by atoms with E-state index in [0.717, 1.165) is 24.4 Å². The molecule has 0 radical (unpaired) electrons. The third kappa shape index (κ3) is 5.07. The van der Waals surface area contributed by atoms with Gasteiger partial charge in [0.15, 0.2) is 0 Å². The van der Waals surface area contributed by atoms with Crippen molar-refractivity contribution in [2.45, 2.75) is 26.8 Å². The summed E-state index contributed by atoms with van der Waals surface area (Å²) in [6, 6.07) is 8.01. The Labute approximate surface area is 111 Å². The lowest BCUT2D eigenvalue weighted by Crippen LogP contribution is -2.35. The van der Waals surface area contributed by atoms with Crippen LogP contribution in [0.5, 0.6) is 5.75 Å². The molecule has 0 saturated heterocycles. The van der Waals surface area contributed by atoms with E-state index in [1.165, 1.54) is 0 Å². The van der Waals surface area contributed by atoms with Gasteiger partial charge in [-0.3, -0.25) is 0 Å². The maximum absolute atomic E-state index is 6.24. The largest absolute Gasteiger partial charge is 0.497 e. The van der Waals surface area contributed by atoms with Crippen molar-refractivity contribution in [3.8, 4) is 5.75 Å². The molecule has 1 aromatic carbocycles. The summed E-state index contributed by atoms with van der Waals surface area (Å²) in [5, 5.41) is 0. The molecule has 0 spiro atoms. The molecule has 0 fully saturated rings. The van der Waals surface area contributed by atoms with Crippen molar-refractivity contribution in [3.63, 3.8) is 0 Å². The van der Waals surface area contributed by atoms with Crippen molar-refractivity contribution in [1.82, 2.24) is 4.90 Å². The number of likely N-dealkylation sites (N-methyl/N-ethyl adjacent to an activating group) is 1. The number of rotatable bonds is 5. The summed E-state index contributed by atoms with van der Waals surface area (Å²) in [4.78, 5) is 2.28. The molecule has 3 nitrogen and oxygen atoms in total. The van der Waals surface area contributed by atoms with E-state index >= 15 is 0 Å². The van der Waals surface area contributed by atoms with E-state index in [4.69, 9.17) is 10.5 Å².